The molecule has 6 heteroatoms. The zero-order valence-electron chi connectivity index (χ0n) is 17.1. The first-order valence-corrected chi connectivity index (χ1v) is 9.52. The van der Waals surface area contributed by atoms with Crippen LogP contribution in [0.4, 0.5) is 10.3 Å². The molecule has 1 aromatic heterocycles. The third-order valence-corrected chi connectivity index (χ3v) is 4.68. The quantitative estimate of drug-likeness (QED) is 0.653. The van der Waals surface area contributed by atoms with Crippen LogP contribution in [0.25, 0.3) is 0 Å². The molecule has 1 amide bonds. The summed E-state index contributed by atoms with van der Waals surface area (Å²) in [7, 11) is 1.86. The maximum atomic E-state index is 13.4. The van der Waals surface area contributed by atoms with Gasteiger partial charge in [-0.05, 0) is 30.3 Å². The summed E-state index contributed by atoms with van der Waals surface area (Å²) in [6.07, 6.45) is 0. The van der Waals surface area contributed by atoms with E-state index in [0.717, 1.165) is 16.8 Å². The van der Waals surface area contributed by atoms with Crippen LogP contribution in [-0.4, -0.2) is 29.6 Å². The van der Waals surface area contributed by atoms with Crippen molar-refractivity contribution in [1.29, 1.82) is 0 Å². The fourth-order valence-electron chi connectivity index (χ4n) is 3.16. The molecule has 152 valence electrons. The third kappa shape index (κ3) is 5.29. The summed E-state index contributed by atoms with van der Waals surface area (Å²) >= 11 is 0. The zero-order valence-corrected chi connectivity index (χ0v) is 17.1. The lowest BCUT2D eigenvalue weighted by Crippen LogP contribution is -2.33. The van der Waals surface area contributed by atoms with E-state index in [9.17, 15) is 9.18 Å². The molecule has 2 aromatic carbocycles. The van der Waals surface area contributed by atoms with Gasteiger partial charge in [0.05, 0.1) is 18.3 Å². The highest BCUT2D eigenvalue weighted by molar-refractivity contribution is 5.91. The molecule has 1 heterocycles. The Morgan fingerprint density at radius 1 is 1.10 bits per heavy atom. The second kappa shape index (κ2) is 8.57. The van der Waals surface area contributed by atoms with E-state index in [1.165, 1.54) is 12.1 Å². The topological polar surface area (TPSA) is 58.4 Å². The van der Waals surface area contributed by atoms with E-state index >= 15 is 0 Å². The molecule has 1 atom stereocenters. The number of carbonyl (C=O) groups excluding carboxylic acids is 1. The molecule has 0 aliphatic heterocycles. The summed E-state index contributed by atoms with van der Waals surface area (Å²) in [6.45, 7) is 6.20. The highest BCUT2D eigenvalue weighted by Gasteiger charge is 2.23. The van der Waals surface area contributed by atoms with Crippen LogP contribution in [-0.2, 0) is 10.2 Å². The molecular formula is C23H26FN3O2. The molecule has 0 aliphatic rings. The lowest BCUT2D eigenvalue weighted by atomic mass is 9.92. The van der Waals surface area contributed by atoms with Gasteiger partial charge in [0.25, 0.3) is 0 Å². The number of carbonyl (C=O) groups is 1. The first-order valence-electron chi connectivity index (χ1n) is 9.52. The van der Waals surface area contributed by atoms with Crippen molar-refractivity contribution >= 4 is 11.8 Å². The minimum Gasteiger partial charge on any atom is -0.338 e. The van der Waals surface area contributed by atoms with E-state index in [1.54, 1.807) is 18.2 Å². The van der Waals surface area contributed by atoms with Crippen LogP contribution in [0.15, 0.2) is 65.2 Å². The second-order valence-electron chi connectivity index (χ2n) is 8.15. The highest BCUT2D eigenvalue weighted by atomic mass is 19.1. The van der Waals surface area contributed by atoms with E-state index in [-0.39, 0.29) is 29.7 Å². The number of halogens is 1. The van der Waals surface area contributed by atoms with Crippen LogP contribution in [0.1, 0.15) is 43.6 Å². The summed E-state index contributed by atoms with van der Waals surface area (Å²) in [5.74, 6) is -0.181. The normalized spacial score (nSPS) is 12.8. The Kier molecular flexibility index (Phi) is 6.13. The van der Waals surface area contributed by atoms with Gasteiger partial charge < -0.3 is 4.52 Å². The van der Waals surface area contributed by atoms with Crippen LogP contribution < -0.4 is 5.32 Å². The van der Waals surface area contributed by atoms with Gasteiger partial charge in [-0.1, -0.05) is 68.4 Å². The Labute approximate surface area is 170 Å². The third-order valence-electron chi connectivity index (χ3n) is 4.68. The summed E-state index contributed by atoms with van der Waals surface area (Å²) in [5, 5.41) is 6.78. The van der Waals surface area contributed by atoms with Gasteiger partial charge in [0.1, 0.15) is 5.82 Å². The number of nitrogens with one attached hydrogen (secondary N) is 1. The van der Waals surface area contributed by atoms with Crippen molar-refractivity contribution in [2.24, 2.45) is 0 Å². The maximum Gasteiger partial charge on any atom is 0.240 e. The molecular weight excluding hydrogens is 369 g/mol. The fourth-order valence-corrected chi connectivity index (χ4v) is 3.16. The van der Waals surface area contributed by atoms with Crippen molar-refractivity contribution in [3.8, 4) is 0 Å². The summed E-state index contributed by atoms with van der Waals surface area (Å²) in [5.41, 5.74) is 2.53. The number of amides is 1. The van der Waals surface area contributed by atoms with Crippen LogP contribution in [0, 0.1) is 5.82 Å². The minimum absolute atomic E-state index is 0.127. The molecule has 3 rings (SSSR count). The number of rotatable bonds is 6. The number of likely N-dealkylation sites (N-methyl/N-ethyl adjacent to an activating group) is 1. The van der Waals surface area contributed by atoms with E-state index in [1.807, 2.05) is 63.1 Å². The lowest BCUT2D eigenvalue weighted by molar-refractivity contribution is -0.117. The van der Waals surface area contributed by atoms with Gasteiger partial charge >= 0.3 is 0 Å². The van der Waals surface area contributed by atoms with Crippen molar-refractivity contribution < 1.29 is 13.7 Å². The second-order valence-corrected chi connectivity index (χ2v) is 8.15. The predicted molar refractivity (Wildman–Crippen MR) is 111 cm³/mol. The molecule has 0 fully saturated rings. The fraction of sp³-hybridized carbons (Fsp3) is 0.304. The first kappa shape index (κ1) is 20.7. The summed E-state index contributed by atoms with van der Waals surface area (Å²) < 4.78 is 18.6. The van der Waals surface area contributed by atoms with Crippen LogP contribution in [0.3, 0.4) is 0 Å². The van der Waals surface area contributed by atoms with Gasteiger partial charge in [-0.2, -0.15) is 0 Å². The Morgan fingerprint density at radius 2 is 1.72 bits per heavy atom. The monoisotopic (exact) mass is 395 g/mol. The molecule has 0 saturated heterocycles. The van der Waals surface area contributed by atoms with Crippen LogP contribution in [0.2, 0.25) is 0 Å². The molecule has 0 bridgehead atoms. The Hall–Kier alpha value is -2.99. The highest BCUT2D eigenvalue weighted by Crippen LogP contribution is 2.28. The van der Waals surface area contributed by atoms with Gasteiger partial charge in [0.15, 0.2) is 0 Å². The Morgan fingerprint density at radius 3 is 2.31 bits per heavy atom. The number of hydrogen-bond acceptors (Lipinski definition) is 4. The number of aromatic nitrogens is 1. The van der Waals surface area contributed by atoms with Crippen LogP contribution >= 0.6 is 0 Å². The first-order chi connectivity index (χ1) is 13.7. The smallest absolute Gasteiger partial charge is 0.240 e. The van der Waals surface area contributed by atoms with E-state index in [2.05, 4.69) is 10.5 Å². The van der Waals surface area contributed by atoms with Gasteiger partial charge in [-0.15, -0.1) is 0 Å². The largest absolute Gasteiger partial charge is 0.338 e. The van der Waals surface area contributed by atoms with Crippen molar-refractivity contribution in [3.63, 3.8) is 0 Å². The van der Waals surface area contributed by atoms with E-state index in [4.69, 9.17) is 4.52 Å². The van der Waals surface area contributed by atoms with Crippen molar-refractivity contribution in [2.45, 2.75) is 32.2 Å². The molecule has 29 heavy (non-hydrogen) atoms. The van der Waals surface area contributed by atoms with Gasteiger partial charge in [-0.3, -0.25) is 15.0 Å². The van der Waals surface area contributed by atoms with Gasteiger partial charge in [0, 0.05) is 11.5 Å². The van der Waals surface area contributed by atoms with Crippen LogP contribution in [0.5, 0.6) is 0 Å². The molecule has 0 saturated carbocycles. The Bertz CT molecular complexity index is 946. The molecule has 1 unspecified atom stereocenters. The predicted octanol–water partition coefficient (Wildman–Crippen LogP) is 4.77. The minimum atomic E-state index is -0.291. The number of nitrogens with zero attached hydrogens (tertiary/aromatic N) is 2. The average molecular weight is 395 g/mol. The molecule has 0 aliphatic carbocycles. The van der Waals surface area contributed by atoms with Gasteiger partial charge in [-0.25, -0.2) is 4.39 Å². The summed E-state index contributed by atoms with van der Waals surface area (Å²) in [6, 6.07) is 17.7. The lowest BCUT2D eigenvalue weighted by Gasteiger charge is -2.28. The number of benzene rings is 2. The average Bonchev–Trinajstić information content (AvgIpc) is 3.13. The summed E-state index contributed by atoms with van der Waals surface area (Å²) in [4.78, 5) is 14.5. The SMILES string of the molecule is CN(CC(=O)Nc1cc(C(C)(C)C)no1)C(c1ccccc1)c1ccc(F)cc1. The van der Waals surface area contributed by atoms with Crippen molar-refractivity contribution in [3.05, 3.63) is 83.3 Å². The number of hydrogen-bond donors (Lipinski definition) is 1. The van der Waals surface area contributed by atoms with Crippen molar-refractivity contribution in [2.75, 3.05) is 18.9 Å². The van der Waals surface area contributed by atoms with E-state index in [0.29, 0.717) is 5.88 Å². The number of anilines is 1. The van der Waals surface area contributed by atoms with Gasteiger partial charge in [0.2, 0.25) is 11.8 Å². The van der Waals surface area contributed by atoms with E-state index < -0.39 is 0 Å². The molecule has 0 spiro atoms. The Balaban J connectivity index is 1.76. The molecule has 0 radical (unpaired) electrons. The zero-order chi connectivity index (χ0) is 21.0. The molecule has 5 nitrogen and oxygen atoms in total. The molecule has 1 N–H and O–H groups in total. The molecule has 3 aromatic rings. The van der Waals surface area contributed by atoms with Crippen molar-refractivity contribution in [1.82, 2.24) is 10.1 Å². The standard InChI is InChI=1S/C23H26FN3O2/c1-23(2,3)19-14-21(29-26-19)25-20(28)15-27(4)22(16-8-6-5-7-9-16)17-10-12-18(24)13-11-17/h5-14,22H,15H2,1-4H3,(H,25,28). The maximum absolute atomic E-state index is 13.4.